The normalized spacial score (nSPS) is 25.0. The SMILES string of the molecule is Cc1nc(N2CCN(CC(=O)NC3CCC(C)CC3)CC2)cc(=O)[nH]1. The predicted molar refractivity (Wildman–Crippen MR) is 97.8 cm³/mol. The Hall–Kier alpha value is -1.89. The van der Waals surface area contributed by atoms with E-state index < -0.39 is 0 Å². The smallest absolute Gasteiger partial charge is 0.252 e. The van der Waals surface area contributed by atoms with Crippen LogP contribution in [0.3, 0.4) is 0 Å². The van der Waals surface area contributed by atoms with Gasteiger partial charge in [0.2, 0.25) is 5.91 Å². The second-order valence-electron chi connectivity index (χ2n) is 7.48. The molecule has 7 heteroatoms. The molecule has 3 rings (SSSR count). The van der Waals surface area contributed by atoms with Gasteiger partial charge in [-0.15, -0.1) is 0 Å². The molecule has 7 nitrogen and oxygen atoms in total. The molecule has 1 saturated heterocycles. The lowest BCUT2D eigenvalue weighted by molar-refractivity contribution is -0.123. The second kappa shape index (κ2) is 7.99. The lowest BCUT2D eigenvalue weighted by Gasteiger charge is -2.35. The van der Waals surface area contributed by atoms with Crippen LogP contribution in [0, 0.1) is 12.8 Å². The molecule has 1 saturated carbocycles. The van der Waals surface area contributed by atoms with Gasteiger partial charge in [0.05, 0.1) is 6.54 Å². The van der Waals surface area contributed by atoms with Gasteiger partial charge < -0.3 is 15.2 Å². The van der Waals surface area contributed by atoms with Crippen molar-refractivity contribution in [2.24, 2.45) is 5.92 Å². The van der Waals surface area contributed by atoms with Gasteiger partial charge in [0.1, 0.15) is 11.6 Å². The van der Waals surface area contributed by atoms with E-state index in [-0.39, 0.29) is 11.5 Å². The van der Waals surface area contributed by atoms with E-state index in [2.05, 4.69) is 32.0 Å². The Balaban J connectivity index is 1.44. The molecule has 1 amide bonds. The van der Waals surface area contributed by atoms with Gasteiger partial charge >= 0.3 is 0 Å². The van der Waals surface area contributed by atoms with Crippen molar-refractivity contribution in [3.63, 3.8) is 0 Å². The summed E-state index contributed by atoms with van der Waals surface area (Å²) in [7, 11) is 0. The van der Waals surface area contributed by atoms with E-state index in [1.165, 1.54) is 12.8 Å². The molecular weight excluding hydrogens is 318 g/mol. The average Bonchev–Trinajstić information content (AvgIpc) is 2.57. The highest BCUT2D eigenvalue weighted by Crippen LogP contribution is 2.23. The summed E-state index contributed by atoms with van der Waals surface area (Å²) < 4.78 is 0. The van der Waals surface area contributed by atoms with Crippen LogP contribution < -0.4 is 15.8 Å². The summed E-state index contributed by atoms with van der Waals surface area (Å²) >= 11 is 0. The highest BCUT2D eigenvalue weighted by Gasteiger charge is 2.23. The molecule has 2 N–H and O–H groups in total. The zero-order chi connectivity index (χ0) is 17.8. The molecule has 25 heavy (non-hydrogen) atoms. The van der Waals surface area contributed by atoms with E-state index >= 15 is 0 Å². The Morgan fingerprint density at radius 1 is 1.24 bits per heavy atom. The number of hydrogen-bond acceptors (Lipinski definition) is 5. The van der Waals surface area contributed by atoms with E-state index in [4.69, 9.17) is 0 Å². The van der Waals surface area contributed by atoms with E-state index in [1.54, 1.807) is 13.0 Å². The van der Waals surface area contributed by atoms with Crippen LogP contribution in [0.2, 0.25) is 0 Å². The number of nitrogens with one attached hydrogen (secondary N) is 2. The molecule has 0 aromatic carbocycles. The van der Waals surface area contributed by atoms with Crippen molar-refractivity contribution >= 4 is 11.7 Å². The summed E-state index contributed by atoms with van der Waals surface area (Å²) in [6, 6.07) is 1.90. The monoisotopic (exact) mass is 347 g/mol. The van der Waals surface area contributed by atoms with Crippen molar-refractivity contribution in [1.82, 2.24) is 20.2 Å². The molecule has 0 radical (unpaired) electrons. The Labute approximate surface area is 148 Å². The first-order chi connectivity index (χ1) is 12.0. The van der Waals surface area contributed by atoms with Crippen LogP contribution >= 0.6 is 0 Å². The third-order valence-electron chi connectivity index (χ3n) is 5.29. The molecule has 2 fully saturated rings. The van der Waals surface area contributed by atoms with Crippen LogP contribution in [0.1, 0.15) is 38.4 Å². The first-order valence-corrected chi connectivity index (χ1v) is 9.34. The van der Waals surface area contributed by atoms with E-state index in [1.807, 2.05) is 0 Å². The Morgan fingerprint density at radius 3 is 2.56 bits per heavy atom. The minimum atomic E-state index is -0.119. The van der Waals surface area contributed by atoms with Gasteiger partial charge in [-0.05, 0) is 38.5 Å². The minimum absolute atomic E-state index is 0.119. The number of anilines is 1. The lowest BCUT2D eigenvalue weighted by Crippen LogP contribution is -2.51. The number of H-pyrrole nitrogens is 1. The molecule has 1 aromatic heterocycles. The first kappa shape index (κ1) is 17.9. The third-order valence-corrected chi connectivity index (χ3v) is 5.29. The molecule has 0 unspecified atom stereocenters. The van der Waals surface area contributed by atoms with E-state index in [9.17, 15) is 9.59 Å². The third kappa shape index (κ3) is 5.04. The quantitative estimate of drug-likeness (QED) is 0.846. The van der Waals surface area contributed by atoms with Gasteiger partial charge in [-0.1, -0.05) is 6.92 Å². The number of aryl methyl sites for hydroxylation is 1. The fourth-order valence-electron chi connectivity index (χ4n) is 3.74. The maximum atomic E-state index is 12.3. The zero-order valence-corrected chi connectivity index (χ0v) is 15.3. The molecule has 138 valence electrons. The molecule has 1 aromatic rings. The predicted octanol–water partition coefficient (Wildman–Crippen LogP) is 0.895. The number of aromatic nitrogens is 2. The van der Waals surface area contributed by atoms with Crippen LogP contribution in [0.5, 0.6) is 0 Å². The largest absolute Gasteiger partial charge is 0.354 e. The molecule has 0 bridgehead atoms. The minimum Gasteiger partial charge on any atom is -0.354 e. The number of aromatic amines is 1. The molecule has 1 aliphatic carbocycles. The van der Waals surface area contributed by atoms with Gasteiger partial charge in [0.15, 0.2) is 0 Å². The van der Waals surface area contributed by atoms with Crippen molar-refractivity contribution in [3.8, 4) is 0 Å². The Bertz CT molecular complexity index is 643. The van der Waals surface area contributed by atoms with Gasteiger partial charge in [0.25, 0.3) is 5.56 Å². The number of rotatable bonds is 4. The number of amides is 1. The van der Waals surface area contributed by atoms with Crippen LogP contribution in [-0.2, 0) is 4.79 Å². The van der Waals surface area contributed by atoms with Crippen LogP contribution in [0.25, 0.3) is 0 Å². The van der Waals surface area contributed by atoms with E-state index in [0.717, 1.165) is 50.8 Å². The maximum Gasteiger partial charge on any atom is 0.252 e. The van der Waals surface area contributed by atoms with Gasteiger partial charge in [-0.25, -0.2) is 4.98 Å². The van der Waals surface area contributed by atoms with Gasteiger partial charge in [-0.2, -0.15) is 0 Å². The van der Waals surface area contributed by atoms with Crippen LogP contribution in [0.15, 0.2) is 10.9 Å². The maximum absolute atomic E-state index is 12.3. The summed E-state index contributed by atoms with van der Waals surface area (Å²) in [5, 5.41) is 3.19. The van der Waals surface area contributed by atoms with Crippen molar-refractivity contribution in [1.29, 1.82) is 0 Å². The van der Waals surface area contributed by atoms with Crippen LogP contribution in [0.4, 0.5) is 5.82 Å². The lowest BCUT2D eigenvalue weighted by atomic mass is 9.87. The molecule has 1 aliphatic heterocycles. The second-order valence-corrected chi connectivity index (χ2v) is 7.48. The molecule has 2 aliphatic rings. The summed E-state index contributed by atoms with van der Waals surface area (Å²) in [4.78, 5) is 35.2. The number of hydrogen-bond donors (Lipinski definition) is 2. The molecular formula is C18H29N5O2. The summed E-state index contributed by atoms with van der Waals surface area (Å²) in [6.45, 7) is 7.72. The van der Waals surface area contributed by atoms with E-state index in [0.29, 0.717) is 18.4 Å². The topological polar surface area (TPSA) is 81.3 Å². The number of piperazine rings is 1. The fourth-order valence-corrected chi connectivity index (χ4v) is 3.74. The number of nitrogens with zero attached hydrogens (tertiary/aromatic N) is 3. The van der Waals surface area contributed by atoms with Crippen LogP contribution in [-0.4, -0.2) is 59.5 Å². The van der Waals surface area contributed by atoms with Crippen molar-refractivity contribution in [2.45, 2.75) is 45.6 Å². The summed E-state index contributed by atoms with van der Waals surface area (Å²) in [6.07, 6.45) is 4.64. The molecule has 0 spiro atoms. The zero-order valence-electron chi connectivity index (χ0n) is 15.3. The summed E-state index contributed by atoms with van der Waals surface area (Å²) in [5.74, 6) is 2.29. The van der Waals surface area contributed by atoms with Crippen molar-refractivity contribution < 1.29 is 4.79 Å². The highest BCUT2D eigenvalue weighted by atomic mass is 16.2. The number of carbonyl (C=O) groups is 1. The standard InChI is InChI=1S/C18H29N5O2/c1-13-3-5-15(6-4-13)21-18(25)12-22-7-9-23(10-8-22)16-11-17(24)20-14(2)19-16/h11,13,15H,3-10,12H2,1-2H3,(H,21,25)(H,19,20,24). The van der Waals surface area contributed by atoms with Crippen molar-refractivity contribution in [3.05, 3.63) is 22.2 Å². The molecule has 0 atom stereocenters. The first-order valence-electron chi connectivity index (χ1n) is 9.34. The average molecular weight is 347 g/mol. The number of carbonyl (C=O) groups excluding carboxylic acids is 1. The van der Waals surface area contributed by atoms with Gasteiger partial charge in [0, 0.05) is 38.3 Å². The highest BCUT2D eigenvalue weighted by molar-refractivity contribution is 5.78. The molecule has 2 heterocycles. The van der Waals surface area contributed by atoms with Gasteiger partial charge in [-0.3, -0.25) is 14.5 Å². The Morgan fingerprint density at radius 2 is 1.92 bits per heavy atom. The fraction of sp³-hybridized carbons (Fsp3) is 0.722. The Kier molecular flexibility index (Phi) is 5.73. The summed E-state index contributed by atoms with van der Waals surface area (Å²) in [5.41, 5.74) is -0.119. The van der Waals surface area contributed by atoms with Crippen molar-refractivity contribution in [2.75, 3.05) is 37.6 Å².